The first-order chi connectivity index (χ1) is 10.1. The zero-order valence-corrected chi connectivity index (χ0v) is 14.6. The van der Waals surface area contributed by atoms with Crippen LogP contribution in [0, 0.1) is 0 Å². The predicted molar refractivity (Wildman–Crippen MR) is 89.0 cm³/mol. The molecule has 1 saturated heterocycles. The summed E-state index contributed by atoms with van der Waals surface area (Å²) in [6, 6.07) is 4.14. The van der Waals surface area contributed by atoms with Crippen LogP contribution in [0.25, 0.3) is 0 Å². The number of rotatable bonds is 6. The number of likely N-dealkylation sites (tertiary alicyclic amines) is 1. The third-order valence-corrected chi connectivity index (χ3v) is 4.95. The molecule has 0 amide bonds. The van der Waals surface area contributed by atoms with E-state index in [1.54, 1.807) is 19.2 Å². The monoisotopic (exact) mass is 356 g/mol. The van der Waals surface area contributed by atoms with Gasteiger partial charge < -0.3 is 15.2 Å². The maximum Gasteiger partial charge on any atom is 0.141 e. The molecule has 0 aromatic heterocycles. The van der Waals surface area contributed by atoms with Gasteiger partial charge >= 0.3 is 0 Å². The van der Waals surface area contributed by atoms with Crippen molar-refractivity contribution in [2.24, 2.45) is 0 Å². The summed E-state index contributed by atoms with van der Waals surface area (Å²) in [4.78, 5) is 2.51. The van der Waals surface area contributed by atoms with E-state index in [-0.39, 0.29) is 11.8 Å². The molecule has 21 heavy (non-hydrogen) atoms. The van der Waals surface area contributed by atoms with Crippen LogP contribution in [0.2, 0.25) is 0 Å². The number of likely N-dealkylation sites (N-methyl/N-ethyl adjacent to an activating group) is 1. The van der Waals surface area contributed by atoms with Gasteiger partial charge in [0.25, 0.3) is 0 Å². The topological polar surface area (TPSA) is 44.7 Å². The van der Waals surface area contributed by atoms with Crippen LogP contribution in [-0.2, 0) is 0 Å². The number of hydrogen-bond donors (Lipinski definition) is 2. The molecule has 0 aliphatic carbocycles. The van der Waals surface area contributed by atoms with E-state index in [0.717, 1.165) is 23.1 Å². The number of phenols is 1. The summed E-state index contributed by atoms with van der Waals surface area (Å²) in [5, 5.41) is 13.7. The minimum absolute atomic E-state index is 0.0387. The molecule has 1 heterocycles. The summed E-state index contributed by atoms with van der Waals surface area (Å²) in [6.07, 6.45) is 2.52. The van der Waals surface area contributed by atoms with Crippen molar-refractivity contribution in [1.29, 1.82) is 0 Å². The molecule has 5 heteroatoms. The highest BCUT2D eigenvalue weighted by Crippen LogP contribution is 2.39. The molecule has 1 fully saturated rings. The van der Waals surface area contributed by atoms with Crippen molar-refractivity contribution in [2.75, 3.05) is 26.7 Å². The van der Waals surface area contributed by atoms with Crippen LogP contribution < -0.4 is 10.1 Å². The van der Waals surface area contributed by atoms with Crippen molar-refractivity contribution in [1.82, 2.24) is 10.2 Å². The molecule has 4 nitrogen and oxygen atoms in total. The summed E-state index contributed by atoms with van der Waals surface area (Å²) in [6.45, 7) is 7.51. The van der Waals surface area contributed by atoms with Gasteiger partial charge in [-0.05, 0) is 60.9 Å². The van der Waals surface area contributed by atoms with Gasteiger partial charge in [-0.3, -0.25) is 4.90 Å². The van der Waals surface area contributed by atoms with Gasteiger partial charge in [0, 0.05) is 18.6 Å². The van der Waals surface area contributed by atoms with Crippen molar-refractivity contribution in [2.45, 2.75) is 38.8 Å². The fourth-order valence-corrected chi connectivity index (χ4v) is 3.65. The summed E-state index contributed by atoms with van der Waals surface area (Å²) in [7, 11) is 1.63. The molecule has 2 N–H and O–H groups in total. The number of ether oxygens (including phenoxy) is 1. The highest BCUT2D eigenvalue weighted by Gasteiger charge is 2.24. The van der Waals surface area contributed by atoms with E-state index in [4.69, 9.17) is 4.74 Å². The average molecular weight is 357 g/mol. The average Bonchev–Trinajstić information content (AvgIpc) is 2.94. The molecule has 2 atom stereocenters. The number of nitrogens with zero attached hydrogens (tertiary/aromatic N) is 1. The van der Waals surface area contributed by atoms with E-state index < -0.39 is 0 Å². The molecule has 0 spiro atoms. The fourth-order valence-electron chi connectivity index (χ4n) is 3.15. The van der Waals surface area contributed by atoms with E-state index in [0.29, 0.717) is 11.8 Å². The Morgan fingerprint density at radius 1 is 1.52 bits per heavy atom. The Morgan fingerprint density at radius 3 is 2.95 bits per heavy atom. The minimum Gasteiger partial charge on any atom is -0.507 e. The summed E-state index contributed by atoms with van der Waals surface area (Å²) >= 11 is 3.48. The minimum atomic E-state index is 0.0387. The van der Waals surface area contributed by atoms with Crippen LogP contribution in [0.4, 0.5) is 0 Å². The SMILES string of the molecule is CCN1CCCC1CNC(C)c1c(O)ccc(Br)c1OC. The van der Waals surface area contributed by atoms with Crippen LogP contribution in [0.3, 0.4) is 0 Å². The molecule has 1 aromatic carbocycles. The maximum absolute atomic E-state index is 10.2. The number of methoxy groups -OCH3 is 1. The van der Waals surface area contributed by atoms with Gasteiger partial charge in [-0.15, -0.1) is 0 Å². The lowest BCUT2D eigenvalue weighted by atomic mass is 10.1. The molecule has 2 rings (SSSR count). The number of hydrogen-bond acceptors (Lipinski definition) is 4. The van der Waals surface area contributed by atoms with Crippen molar-refractivity contribution in [3.05, 3.63) is 22.2 Å². The smallest absolute Gasteiger partial charge is 0.141 e. The van der Waals surface area contributed by atoms with E-state index >= 15 is 0 Å². The first-order valence-corrected chi connectivity index (χ1v) is 8.40. The molecule has 1 aromatic rings. The lowest BCUT2D eigenvalue weighted by Gasteiger charge is -2.26. The Kier molecular flexibility index (Phi) is 5.90. The third kappa shape index (κ3) is 3.71. The molecule has 0 saturated carbocycles. The first-order valence-electron chi connectivity index (χ1n) is 7.61. The lowest BCUT2D eigenvalue weighted by molar-refractivity contribution is 0.254. The molecule has 1 aliphatic heterocycles. The Labute approximate surface area is 135 Å². The third-order valence-electron chi connectivity index (χ3n) is 4.33. The zero-order chi connectivity index (χ0) is 15.4. The van der Waals surface area contributed by atoms with Crippen molar-refractivity contribution in [3.63, 3.8) is 0 Å². The number of nitrogens with one attached hydrogen (secondary N) is 1. The van der Waals surface area contributed by atoms with Crippen molar-refractivity contribution >= 4 is 15.9 Å². The van der Waals surface area contributed by atoms with Crippen molar-refractivity contribution in [3.8, 4) is 11.5 Å². The van der Waals surface area contributed by atoms with Gasteiger partial charge in [0.05, 0.1) is 17.1 Å². The Morgan fingerprint density at radius 2 is 2.29 bits per heavy atom. The molecule has 118 valence electrons. The quantitative estimate of drug-likeness (QED) is 0.820. The lowest BCUT2D eigenvalue weighted by Crippen LogP contribution is -2.38. The Balaban J connectivity index is 2.07. The van der Waals surface area contributed by atoms with Crippen molar-refractivity contribution < 1.29 is 9.84 Å². The van der Waals surface area contributed by atoms with Gasteiger partial charge in [-0.25, -0.2) is 0 Å². The van der Waals surface area contributed by atoms with Crippen LogP contribution >= 0.6 is 15.9 Å². The second kappa shape index (κ2) is 7.47. The second-order valence-corrected chi connectivity index (χ2v) is 6.42. The zero-order valence-electron chi connectivity index (χ0n) is 13.0. The maximum atomic E-state index is 10.2. The van der Waals surface area contributed by atoms with Crippen LogP contribution in [0.5, 0.6) is 11.5 Å². The molecular weight excluding hydrogens is 332 g/mol. The van der Waals surface area contributed by atoms with E-state index in [9.17, 15) is 5.11 Å². The van der Waals surface area contributed by atoms with Crippen LogP contribution in [0.15, 0.2) is 16.6 Å². The molecule has 1 aliphatic rings. The normalized spacial score (nSPS) is 20.7. The number of aromatic hydroxyl groups is 1. The standard InChI is InChI=1S/C16H25BrN2O2/c1-4-19-9-5-6-12(19)10-18-11(2)15-14(20)8-7-13(17)16(15)21-3/h7-8,11-12,18,20H,4-6,9-10H2,1-3H3. The van der Waals surface area contributed by atoms with E-state index in [1.807, 2.05) is 0 Å². The number of halogens is 1. The van der Waals surface area contributed by atoms with Gasteiger partial charge in [0.1, 0.15) is 11.5 Å². The molecular formula is C16H25BrN2O2. The summed E-state index contributed by atoms with van der Waals surface area (Å²) in [5.41, 5.74) is 0.813. The summed E-state index contributed by atoms with van der Waals surface area (Å²) < 4.78 is 6.30. The summed E-state index contributed by atoms with van der Waals surface area (Å²) in [5.74, 6) is 0.975. The second-order valence-electron chi connectivity index (χ2n) is 5.57. The Hall–Kier alpha value is -0.780. The number of benzene rings is 1. The molecule has 0 bridgehead atoms. The van der Waals surface area contributed by atoms with E-state index in [2.05, 4.69) is 40.0 Å². The van der Waals surface area contributed by atoms with E-state index in [1.165, 1.54) is 19.4 Å². The largest absolute Gasteiger partial charge is 0.507 e. The predicted octanol–water partition coefficient (Wildman–Crippen LogP) is 3.30. The van der Waals surface area contributed by atoms with Gasteiger partial charge in [0.15, 0.2) is 0 Å². The number of phenolic OH excluding ortho intramolecular Hbond substituents is 1. The van der Waals surface area contributed by atoms with Crippen LogP contribution in [0.1, 0.15) is 38.3 Å². The fraction of sp³-hybridized carbons (Fsp3) is 0.625. The highest BCUT2D eigenvalue weighted by molar-refractivity contribution is 9.10. The van der Waals surface area contributed by atoms with Crippen LogP contribution in [-0.4, -0.2) is 42.8 Å². The van der Waals surface area contributed by atoms with Gasteiger partial charge in [0.2, 0.25) is 0 Å². The Bertz CT molecular complexity index is 482. The molecule has 2 unspecified atom stereocenters. The van der Waals surface area contributed by atoms with Gasteiger partial charge in [-0.1, -0.05) is 6.92 Å². The van der Waals surface area contributed by atoms with Gasteiger partial charge in [-0.2, -0.15) is 0 Å². The molecule has 0 radical (unpaired) electrons. The first kappa shape index (κ1) is 16.6. The highest BCUT2D eigenvalue weighted by atomic mass is 79.9.